The quantitative estimate of drug-likeness (QED) is 0.899. The molecule has 19 heavy (non-hydrogen) atoms. The number of carbonyl (C=O) groups excluding carboxylic acids is 1. The highest BCUT2D eigenvalue weighted by Crippen LogP contribution is 2.28. The molecule has 0 radical (unpaired) electrons. The van der Waals surface area contributed by atoms with Gasteiger partial charge in [-0.1, -0.05) is 18.2 Å². The number of para-hydroxylation sites is 1. The van der Waals surface area contributed by atoms with Crippen LogP contribution in [0.4, 0.5) is 0 Å². The molecule has 0 saturated carbocycles. The molecule has 100 valence electrons. The Bertz CT molecular complexity index is 618. The summed E-state index contributed by atoms with van der Waals surface area (Å²) in [5.74, 6) is 0.434. The van der Waals surface area contributed by atoms with Crippen molar-refractivity contribution >= 4 is 16.9 Å². The van der Waals surface area contributed by atoms with Crippen molar-refractivity contribution in [1.82, 2.24) is 4.90 Å². The topological polar surface area (TPSA) is 59.5 Å². The maximum Gasteiger partial charge on any atom is 0.290 e. The molecular weight excluding hydrogens is 240 g/mol. The fourth-order valence-electron chi connectivity index (χ4n) is 2.86. The highest BCUT2D eigenvalue weighted by atomic mass is 16.3. The summed E-state index contributed by atoms with van der Waals surface area (Å²) in [5.41, 5.74) is 7.42. The molecule has 1 aliphatic heterocycles. The third kappa shape index (κ3) is 1.92. The van der Waals surface area contributed by atoms with Gasteiger partial charge in [0.05, 0.1) is 0 Å². The van der Waals surface area contributed by atoms with Crippen LogP contribution < -0.4 is 5.73 Å². The van der Waals surface area contributed by atoms with Gasteiger partial charge < -0.3 is 15.1 Å². The number of fused-ring (bicyclic) bond motifs is 1. The van der Waals surface area contributed by atoms with E-state index in [9.17, 15) is 4.79 Å². The summed E-state index contributed by atoms with van der Waals surface area (Å²) < 4.78 is 5.73. The van der Waals surface area contributed by atoms with Crippen LogP contribution in [0.2, 0.25) is 0 Å². The number of hydrogen-bond acceptors (Lipinski definition) is 3. The normalized spacial score (nSPS) is 19.3. The van der Waals surface area contributed by atoms with Crippen LogP contribution in [0.15, 0.2) is 28.7 Å². The van der Waals surface area contributed by atoms with Gasteiger partial charge in [-0.3, -0.25) is 4.79 Å². The molecule has 1 fully saturated rings. The Morgan fingerprint density at radius 3 is 3.00 bits per heavy atom. The molecule has 2 N–H and O–H groups in total. The van der Waals surface area contributed by atoms with E-state index < -0.39 is 0 Å². The Morgan fingerprint density at radius 2 is 2.26 bits per heavy atom. The van der Waals surface area contributed by atoms with Crippen molar-refractivity contribution in [2.24, 2.45) is 5.73 Å². The number of nitrogens with two attached hydrogens (primary N) is 1. The Hall–Kier alpha value is -1.81. The first-order valence-corrected chi connectivity index (χ1v) is 6.71. The zero-order valence-corrected chi connectivity index (χ0v) is 11.1. The number of benzene rings is 1. The van der Waals surface area contributed by atoms with Gasteiger partial charge in [0.2, 0.25) is 0 Å². The highest BCUT2D eigenvalue weighted by Gasteiger charge is 2.31. The predicted octanol–water partition coefficient (Wildman–Crippen LogP) is 2.30. The molecule has 1 aliphatic rings. The van der Waals surface area contributed by atoms with Crippen LogP contribution in [-0.4, -0.2) is 29.9 Å². The lowest BCUT2D eigenvalue weighted by molar-refractivity contribution is 0.0710. The molecule has 2 aromatic rings. The van der Waals surface area contributed by atoms with Gasteiger partial charge >= 0.3 is 0 Å². The van der Waals surface area contributed by atoms with Crippen molar-refractivity contribution in [1.29, 1.82) is 0 Å². The summed E-state index contributed by atoms with van der Waals surface area (Å²) in [4.78, 5) is 14.4. The van der Waals surface area contributed by atoms with Gasteiger partial charge in [0.1, 0.15) is 5.58 Å². The summed E-state index contributed by atoms with van der Waals surface area (Å²) in [6, 6.07) is 7.90. The van der Waals surface area contributed by atoms with E-state index in [2.05, 4.69) is 0 Å². The molecule has 1 atom stereocenters. The SMILES string of the molecule is Cc1c(C(=O)N2CCCC2CN)oc2ccccc12. The van der Waals surface area contributed by atoms with E-state index in [1.54, 1.807) is 0 Å². The van der Waals surface area contributed by atoms with E-state index in [0.717, 1.165) is 35.9 Å². The summed E-state index contributed by atoms with van der Waals surface area (Å²) in [6.07, 6.45) is 2.01. The molecule has 4 nitrogen and oxygen atoms in total. The van der Waals surface area contributed by atoms with E-state index in [-0.39, 0.29) is 11.9 Å². The summed E-state index contributed by atoms with van der Waals surface area (Å²) >= 11 is 0. The van der Waals surface area contributed by atoms with Gasteiger partial charge in [-0.2, -0.15) is 0 Å². The van der Waals surface area contributed by atoms with Crippen molar-refractivity contribution in [3.05, 3.63) is 35.6 Å². The van der Waals surface area contributed by atoms with Crippen molar-refractivity contribution < 1.29 is 9.21 Å². The number of hydrogen-bond donors (Lipinski definition) is 1. The molecule has 4 heteroatoms. The van der Waals surface area contributed by atoms with Crippen LogP contribution >= 0.6 is 0 Å². The van der Waals surface area contributed by atoms with E-state index in [1.807, 2.05) is 36.1 Å². The monoisotopic (exact) mass is 258 g/mol. The minimum absolute atomic E-state index is 0.0262. The van der Waals surface area contributed by atoms with E-state index >= 15 is 0 Å². The lowest BCUT2D eigenvalue weighted by Crippen LogP contribution is -2.40. The first kappa shape index (κ1) is 12.2. The highest BCUT2D eigenvalue weighted by molar-refractivity contribution is 5.99. The standard InChI is InChI=1S/C15H18N2O2/c1-10-12-6-2-3-7-13(12)19-14(10)15(18)17-8-4-5-11(17)9-16/h2-3,6-7,11H,4-5,8-9,16H2,1H3. The lowest BCUT2D eigenvalue weighted by Gasteiger charge is -2.22. The molecule has 2 heterocycles. The molecule has 1 amide bonds. The van der Waals surface area contributed by atoms with Gasteiger partial charge in [-0.15, -0.1) is 0 Å². The molecule has 3 rings (SSSR count). The third-order valence-corrected chi connectivity index (χ3v) is 3.95. The Balaban J connectivity index is 2.00. The molecule has 1 unspecified atom stereocenters. The number of carbonyl (C=O) groups is 1. The molecule has 1 aromatic carbocycles. The average molecular weight is 258 g/mol. The second-order valence-electron chi connectivity index (χ2n) is 5.08. The summed E-state index contributed by atoms with van der Waals surface area (Å²) in [6.45, 7) is 3.23. The molecule has 1 aromatic heterocycles. The van der Waals surface area contributed by atoms with Crippen LogP contribution in [0, 0.1) is 6.92 Å². The van der Waals surface area contributed by atoms with E-state index in [1.165, 1.54) is 0 Å². The van der Waals surface area contributed by atoms with Crippen LogP contribution in [0.25, 0.3) is 11.0 Å². The van der Waals surface area contributed by atoms with Gasteiger partial charge in [0, 0.05) is 30.1 Å². The fourth-order valence-corrected chi connectivity index (χ4v) is 2.86. The van der Waals surface area contributed by atoms with E-state index in [4.69, 9.17) is 10.2 Å². The van der Waals surface area contributed by atoms with Gasteiger partial charge in [0.15, 0.2) is 5.76 Å². The molecule has 0 spiro atoms. The van der Waals surface area contributed by atoms with Crippen LogP contribution in [0.1, 0.15) is 29.0 Å². The molecule has 0 bridgehead atoms. The smallest absolute Gasteiger partial charge is 0.290 e. The van der Waals surface area contributed by atoms with Crippen LogP contribution in [0.5, 0.6) is 0 Å². The van der Waals surface area contributed by atoms with E-state index in [0.29, 0.717) is 12.3 Å². The maximum absolute atomic E-state index is 12.6. The van der Waals surface area contributed by atoms with Gasteiger partial charge in [-0.25, -0.2) is 0 Å². The third-order valence-electron chi connectivity index (χ3n) is 3.95. The average Bonchev–Trinajstić information content (AvgIpc) is 3.03. The first-order valence-electron chi connectivity index (χ1n) is 6.71. The first-order chi connectivity index (χ1) is 9.22. The minimum atomic E-state index is -0.0262. The van der Waals surface area contributed by atoms with Crippen LogP contribution in [-0.2, 0) is 0 Å². The Morgan fingerprint density at radius 1 is 1.47 bits per heavy atom. The van der Waals surface area contributed by atoms with Gasteiger partial charge in [-0.05, 0) is 25.8 Å². The zero-order chi connectivity index (χ0) is 13.4. The van der Waals surface area contributed by atoms with Gasteiger partial charge in [0.25, 0.3) is 5.91 Å². The van der Waals surface area contributed by atoms with Crippen molar-refractivity contribution in [3.8, 4) is 0 Å². The van der Waals surface area contributed by atoms with Crippen molar-refractivity contribution in [2.75, 3.05) is 13.1 Å². The predicted molar refractivity (Wildman–Crippen MR) is 74.1 cm³/mol. The lowest BCUT2D eigenvalue weighted by atomic mass is 10.1. The number of nitrogens with zero attached hydrogens (tertiary/aromatic N) is 1. The Kier molecular flexibility index (Phi) is 3.03. The summed E-state index contributed by atoms with van der Waals surface area (Å²) in [7, 11) is 0. The van der Waals surface area contributed by atoms with Crippen molar-refractivity contribution in [3.63, 3.8) is 0 Å². The maximum atomic E-state index is 12.6. The summed E-state index contributed by atoms with van der Waals surface area (Å²) in [5, 5.41) is 1.01. The number of furan rings is 1. The molecule has 1 saturated heterocycles. The number of rotatable bonds is 2. The Labute approximate surface area is 112 Å². The molecule has 0 aliphatic carbocycles. The second-order valence-corrected chi connectivity index (χ2v) is 5.08. The number of aryl methyl sites for hydroxylation is 1. The number of likely N-dealkylation sites (tertiary alicyclic amines) is 1. The largest absolute Gasteiger partial charge is 0.451 e. The van der Waals surface area contributed by atoms with Crippen molar-refractivity contribution in [2.45, 2.75) is 25.8 Å². The second kappa shape index (κ2) is 4.70. The fraction of sp³-hybridized carbons (Fsp3) is 0.400. The molecular formula is C15H18N2O2. The minimum Gasteiger partial charge on any atom is -0.451 e. The number of amides is 1. The zero-order valence-electron chi connectivity index (χ0n) is 11.1. The van der Waals surface area contributed by atoms with Crippen LogP contribution in [0.3, 0.4) is 0 Å².